The molecular formula is C19H42O8Si2. The van der Waals surface area contributed by atoms with Gasteiger partial charge in [0.15, 0.2) is 0 Å². The lowest BCUT2D eigenvalue weighted by Gasteiger charge is -2.26. The van der Waals surface area contributed by atoms with Crippen LogP contribution < -0.4 is 0 Å². The van der Waals surface area contributed by atoms with Crippen LogP contribution in [0.1, 0.15) is 54.9 Å². The third-order valence-electron chi connectivity index (χ3n) is 3.28. The van der Waals surface area contributed by atoms with E-state index < -0.39 is 18.3 Å². The van der Waals surface area contributed by atoms with Gasteiger partial charge in [-0.2, -0.15) is 0 Å². The molecule has 0 saturated carbocycles. The Bertz CT molecular complexity index is 363. The van der Waals surface area contributed by atoms with E-state index >= 15 is 0 Å². The highest BCUT2D eigenvalue weighted by atomic mass is 28.4. The highest BCUT2D eigenvalue weighted by Crippen LogP contribution is 2.11. The molecule has 0 bridgehead atoms. The number of carbonyl (C=O) groups is 1. The Morgan fingerprint density at radius 1 is 0.862 bits per heavy atom. The van der Waals surface area contributed by atoms with E-state index in [1.807, 2.05) is 48.5 Å². The Morgan fingerprint density at radius 2 is 1.28 bits per heavy atom. The predicted molar refractivity (Wildman–Crippen MR) is 118 cm³/mol. The summed E-state index contributed by atoms with van der Waals surface area (Å²) in [5.74, 6) is -0.376. The fourth-order valence-corrected chi connectivity index (χ4v) is 6.05. The van der Waals surface area contributed by atoms with Crippen LogP contribution in [0.2, 0.25) is 6.04 Å². The summed E-state index contributed by atoms with van der Waals surface area (Å²) in [5, 5.41) is 0. The molecule has 0 saturated heterocycles. The Labute approximate surface area is 180 Å². The van der Waals surface area contributed by atoms with E-state index in [4.69, 9.17) is 31.3 Å². The van der Waals surface area contributed by atoms with E-state index in [1.54, 1.807) is 0 Å². The molecule has 0 aromatic heterocycles. The van der Waals surface area contributed by atoms with E-state index in [0.29, 0.717) is 39.6 Å². The summed E-state index contributed by atoms with van der Waals surface area (Å²) in [7, 11) is -4.36. The zero-order valence-corrected chi connectivity index (χ0v) is 21.5. The first kappa shape index (κ1) is 30.6. The molecule has 0 heterocycles. The van der Waals surface area contributed by atoms with Crippen molar-refractivity contribution in [1.29, 1.82) is 0 Å². The lowest BCUT2D eigenvalue weighted by molar-refractivity contribution is -0.142. The summed E-state index contributed by atoms with van der Waals surface area (Å²) < 4.78 is 37.8. The topological polar surface area (TPSA) is 81.7 Å². The second kappa shape index (κ2) is 20.7. The van der Waals surface area contributed by atoms with Crippen molar-refractivity contribution in [3.05, 3.63) is 12.7 Å². The highest BCUT2D eigenvalue weighted by molar-refractivity contribution is 6.53. The average Bonchev–Trinajstić information content (AvgIpc) is 2.68. The zero-order valence-electron chi connectivity index (χ0n) is 19.4. The van der Waals surface area contributed by atoms with Gasteiger partial charge < -0.3 is 31.3 Å². The molecule has 0 fully saturated rings. The van der Waals surface area contributed by atoms with E-state index in [-0.39, 0.29) is 12.1 Å². The van der Waals surface area contributed by atoms with Crippen LogP contribution in [0.25, 0.3) is 0 Å². The molecule has 0 aromatic carbocycles. The number of rotatable bonds is 17. The standard InChI is InChI=1S/C11H22O4Si.C8H20O4Si/c1-5-11(12)15-10(4)8-9-16(13-6-2)14-7-3;1-5-9-13(10-6-2,11-7-3)12-8-4/h5,10,16H,1,6-9H2,2-4H3;5-8H2,1-4H3. The van der Waals surface area contributed by atoms with Crippen molar-refractivity contribution in [2.75, 3.05) is 39.6 Å². The van der Waals surface area contributed by atoms with Crippen molar-refractivity contribution < 1.29 is 36.1 Å². The van der Waals surface area contributed by atoms with E-state index in [1.165, 1.54) is 6.08 Å². The van der Waals surface area contributed by atoms with Gasteiger partial charge in [-0.05, 0) is 60.9 Å². The molecule has 0 spiro atoms. The molecule has 10 heteroatoms. The third kappa shape index (κ3) is 16.8. The lowest BCUT2D eigenvalue weighted by atomic mass is 10.3. The maximum atomic E-state index is 10.9. The van der Waals surface area contributed by atoms with Crippen LogP contribution in [0.15, 0.2) is 12.7 Å². The quantitative estimate of drug-likeness (QED) is 0.188. The summed E-state index contributed by atoms with van der Waals surface area (Å²) in [6, 6.07) is 0.854. The summed E-state index contributed by atoms with van der Waals surface area (Å²) in [4.78, 5) is 10.9. The van der Waals surface area contributed by atoms with E-state index in [9.17, 15) is 4.79 Å². The number of hydrogen-bond acceptors (Lipinski definition) is 8. The van der Waals surface area contributed by atoms with E-state index in [2.05, 4.69) is 6.58 Å². The van der Waals surface area contributed by atoms with Crippen molar-refractivity contribution in [2.45, 2.75) is 67.0 Å². The van der Waals surface area contributed by atoms with E-state index in [0.717, 1.165) is 12.5 Å². The molecule has 1 atom stereocenters. The lowest BCUT2D eigenvalue weighted by Crippen LogP contribution is -2.49. The molecule has 8 nitrogen and oxygen atoms in total. The van der Waals surface area contributed by atoms with Crippen LogP contribution in [0, 0.1) is 0 Å². The van der Waals surface area contributed by atoms with Gasteiger partial charge in [-0.1, -0.05) is 6.58 Å². The number of ether oxygens (including phenoxy) is 1. The van der Waals surface area contributed by atoms with Gasteiger partial charge in [0.2, 0.25) is 0 Å². The van der Waals surface area contributed by atoms with Crippen LogP contribution in [-0.2, 0) is 36.1 Å². The molecule has 0 aliphatic rings. The fraction of sp³-hybridized carbons (Fsp3) is 0.842. The van der Waals surface area contributed by atoms with Gasteiger partial charge in [0, 0.05) is 45.7 Å². The van der Waals surface area contributed by atoms with Crippen molar-refractivity contribution in [1.82, 2.24) is 0 Å². The largest absolute Gasteiger partial charge is 0.679 e. The Balaban J connectivity index is 0. The number of esters is 1. The Hall–Kier alpha value is -0.596. The number of carbonyl (C=O) groups excluding carboxylic acids is 1. The molecule has 0 N–H and O–H groups in total. The second-order valence-corrected chi connectivity index (χ2v) is 9.86. The van der Waals surface area contributed by atoms with Crippen LogP contribution in [0.4, 0.5) is 0 Å². The van der Waals surface area contributed by atoms with Crippen LogP contribution in [0.5, 0.6) is 0 Å². The monoisotopic (exact) mass is 454 g/mol. The molecule has 1 unspecified atom stereocenters. The average molecular weight is 455 g/mol. The van der Waals surface area contributed by atoms with Gasteiger partial charge >= 0.3 is 24.3 Å². The van der Waals surface area contributed by atoms with Crippen molar-refractivity contribution >= 4 is 24.3 Å². The molecule has 29 heavy (non-hydrogen) atoms. The van der Waals surface area contributed by atoms with Crippen LogP contribution in [0.3, 0.4) is 0 Å². The summed E-state index contributed by atoms with van der Waals surface area (Å²) in [5.41, 5.74) is 0. The van der Waals surface area contributed by atoms with Crippen molar-refractivity contribution in [3.63, 3.8) is 0 Å². The normalized spacial score (nSPS) is 12.3. The van der Waals surface area contributed by atoms with Gasteiger partial charge in [-0.15, -0.1) is 0 Å². The first-order valence-electron chi connectivity index (χ1n) is 10.5. The zero-order chi connectivity index (χ0) is 22.5. The number of hydrogen-bond donors (Lipinski definition) is 0. The molecule has 0 radical (unpaired) electrons. The van der Waals surface area contributed by atoms with Crippen molar-refractivity contribution in [3.8, 4) is 0 Å². The van der Waals surface area contributed by atoms with Crippen molar-refractivity contribution in [2.24, 2.45) is 0 Å². The predicted octanol–water partition coefficient (Wildman–Crippen LogP) is 3.36. The maximum Gasteiger partial charge on any atom is 0.679 e. The Morgan fingerprint density at radius 3 is 1.59 bits per heavy atom. The van der Waals surface area contributed by atoms with Crippen LogP contribution in [-0.4, -0.2) is 70.0 Å². The minimum atomic E-state index is -2.80. The first-order chi connectivity index (χ1) is 13.9. The molecular weight excluding hydrogens is 412 g/mol. The van der Waals surface area contributed by atoms with Gasteiger partial charge in [0.25, 0.3) is 0 Å². The SMILES string of the molecule is C=CC(=O)OC(C)CC[SiH](OCC)OCC.CCO[Si](OCC)(OCC)OCC. The highest BCUT2D eigenvalue weighted by Gasteiger charge is 2.44. The molecule has 0 aliphatic carbocycles. The minimum Gasteiger partial charge on any atom is -0.460 e. The molecule has 174 valence electrons. The summed E-state index contributed by atoms with van der Waals surface area (Å²) >= 11 is 0. The molecule has 0 amide bonds. The third-order valence-corrected chi connectivity index (χ3v) is 8.07. The van der Waals surface area contributed by atoms with Crippen LogP contribution >= 0.6 is 0 Å². The fourth-order valence-electron chi connectivity index (χ4n) is 2.22. The molecule has 0 aliphatic heterocycles. The second-order valence-electron chi connectivity index (χ2n) is 5.60. The summed E-state index contributed by atoms with van der Waals surface area (Å²) in [6.45, 7) is 20.3. The van der Waals surface area contributed by atoms with Gasteiger partial charge in [-0.25, -0.2) is 4.79 Å². The van der Waals surface area contributed by atoms with Gasteiger partial charge in [0.1, 0.15) is 0 Å². The Kier molecular flexibility index (Phi) is 21.8. The van der Waals surface area contributed by atoms with Gasteiger partial charge in [-0.3, -0.25) is 0 Å². The molecule has 0 rings (SSSR count). The first-order valence-corrected chi connectivity index (χ1v) is 13.9. The van der Waals surface area contributed by atoms with Gasteiger partial charge in [0.05, 0.1) is 6.10 Å². The maximum absolute atomic E-state index is 10.9. The summed E-state index contributed by atoms with van der Waals surface area (Å²) in [6.07, 6.45) is 1.84. The smallest absolute Gasteiger partial charge is 0.460 e. The minimum absolute atomic E-state index is 0.110. The molecule has 0 aromatic rings.